The number of fused-ring (bicyclic) bond motifs is 3. The fourth-order valence-corrected chi connectivity index (χ4v) is 2.27. The summed E-state index contributed by atoms with van der Waals surface area (Å²) in [7, 11) is 0. The molecule has 2 aromatic carbocycles. The number of alkyl halides is 3. The SMILES string of the molecule is O=C(Nc1ccc2c(c1)[nH]c(=O)c1ccccc12)C(F)(F)F. The van der Waals surface area contributed by atoms with Crippen molar-refractivity contribution in [3.8, 4) is 0 Å². The Bertz CT molecular complexity index is 945. The number of aromatic nitrogens is 1. The Hall–Kier alpha value is -2.83. The van der Waals surface area contributed by atoms with Gasteiger partial charge in [0.2, 0.25) is 0 Å². The summed E-state index contributed by atoms with van der Waals surface area (Å²) in [5.41, 5.74) is -0.0353. The van der Waals surface area contributed by atoms with Gasteiger partial charge in [0.25, 0.3) is 5.56 Å². The van der Waals surface area contributed by atoms with Gasteiger partial charge in [-0.1, -0.05) is 24.3 Å². The Balaban J connectivity index is 2.13. The van der Waals surface area contributed by atoms with Crippen LogP contribution in [0.5, 0.6) is 0 Å². The summed E-state index contributed by atoms with van der Waals surface area (Å²) in [4.78, 5) is 25.5. The largest absolute Gasteiger partial charge is 0.471 e. The van der Waals surface area contributed by atoms with Crippen molar-refractivity contribution in [3.63, 3.8) is 0 Å². The lowest BCUT2D eigenvalue weighted by molar-refractivity contribution is -0.167. The summed E-state index contributed by atoms with van der Waals surface area (Å²) in [6.07, 6.45) is -4.97. The molecular weight excluding hydrogens is 297 g/mol. The van der Waals surface area contributed by atoms with Crippen molar-refractivity contribution in [2.45, 2.75) is 6.18 Å². The van der Waals surface area contributed by atoms with E-state index in [1.165, 1.54) is 12.1 Å². The topological polar surface area (TPSA) is 62.0 Å². The molecule has 0 spiro atoms. The molecule has 0 radical (unpaired) electrons. The van der Waals surface area contributed by atoms with Crippen LogP contribution in [0.4, 0.5) is 18.9 Å². The maximum absolute atomic E-state index is 12.3. The zero-order valence-electron chi connectivity index (χ0n) is 11.0. The molecule has 0 aliphatic rings. The van der Waals surface area contributed by atoms with Crippen LogP contribution in [-0.4, -0.2) is 17.1 Å². The van der Waals surface area contributed by atoms with Gasteiger partial charge in [-0.15, -0.1) is 0 Å². The van der Waals surface area contributed by atoms with E-state index >= 15 is 0 Å². The van der Waals surface area contributed by atoms with Crippen LogP contribution in [0, 0.1) is 0 Å². The van der Waals surface area contributed by atoms with Crippen molar-refractivity contribution in [1.29, 1.82) is 0 Å². The quantitative estimate of drug-likeness (QED) is 0.678. The molecule has 112 valence electrons. The highest BCUT2D eigenvalue weighted by atomic mass is 19.4. The number of hydrogen-bond acceptors (Lipinski definition) is 2. The number of carbonyl (C=O) groups is 1. The van der Waals surface area contributed by atoms with E-state index in [-0.39, 0.29) is 11.2 Å². The molecule has 3 aromatic rings. The number of amides is 1. The molecule has 1 heterocycles. The number of carbonyl (C=O) groups excluding carboxylic acids is 1. The van der Waals surface area contributed by atoms with E-state index in [1.54, 1.807) is 35.6 Å². The van der Waals surface area contributed by atoms with Crippen molar-refractivity contribution < 1.29 is 18.0 Å². The van der Waals surface area contributed by atoms with Crippen LogP contribution >= 0.6 is 0 Å². The molecular formula is C15H9F3N2O2. The van der Waals surface area contributed by atoms with Crippen LogP contribution in [0.1, 0.15) is 0 Å². The zero-order chi connectivity index (χ0) is 15.9. The lowest BCUT2D eigenvalue weighted by Gasteiger charge is -2.09. The Morgan fingerprint density at radius 3 is 2.36 bits per heavy atom. The maximum atomic E-state index is 12.3. The fraction of sp³-hybridized carbons (Fsp3) is 0.0667. The highest BCUT2D eigenvalue weighted by Gasteiger charge is 2.38. The number of pyridine rings is 1. The van der Waals surface area contributed by atoms with Crippen molar-refractivity contribution in [3.05, 3.63) is 52.8 Å². The molecule has 0 aliphatic heterocycles. The van der Waals surface area contributed by atoms with Crippen LogP contribution in [-0.2, 0) is 4.79 Å². The number of hydrogen-bond donors (Lipinski definition) is 2. The van der Waals surface area contributed by atoms with E-state index in [9.17, 15) is 22.8 Å². The van der Waals surface area contributed by atoms with Gasteiger partial charge in [0, 0.05) is 16.5 Å². The molecule has 3 rings (SSSR count). The van der Waals surface area contributed by atoms with Crippen LogP contribution < -0.4 is 10.9 Å². The first-order valence-corrected chi connectivity index (χ1v) is 6.29. The number of aromatic amines is 1. The third kappa shape index (κ3) is 2.41. The standard InChI is InChI=1S/C15H9F3N2O2/c16-15(17,18)14(22)19-8-5-6-10-9-3-1-2-4-11(9)13(21)20-12(10)7-8/h1-7H,(H,19,22)(H,20,21). The summed E-state index contributed by atoms with van der Waals surface area (Å²) in [5.74, 6) is -2.06. The Kier molecular flexibility index (Phi) is 3.13. The van der Waals surface area contributed by atoms with Gasteiger partial charge in [-0.2, -0.15) is 13.2 Å². The van der Waals surface area contributed by atoms with E-state index in [2.05, 4.69) is 4.98 Å². The first-order valence-electron chi connectivity index (χ1n) is 6.29. The van der Waals surface area contributed by atoms with E-state index in [0.29, 0.717) is 21.7 Å². The molecule has 0 unspecified atom stereocenters. The fourth-order valence-electron chi connectivity index (χ4n) is 2.27. The van der Waals surface area contributed by atoms with Gasteiger partial charge in [-0.25, -0.2) is 0 Å². The highest BCUT2D eigenvalue weighted by molar-refractivity contribution is 6.06. The molecule has 0 atom stereocenters. The number of anilines is 1. The van der Waals surface area contributed by atoms with E-state index < -0.39 is 12.1 Å². The summed E-state index contributed by atoms with van der Waals surface area (Å²) >= 11 is 0. The van der Waals surface area contributed by atoms with Crippen LogP contribution in [0.15, 0.2) is 47.3 Å². The summed E-state index contributed by atoms with van der Waals surface area (Å²) in [6, 6.07) is 11.1. The second-order valence-corrected chi connectivity index (χ2v) is 4.71. The van der Waals surface area contributed by atoms with Crippen LogP contribution in [0.25, 0.3) is 21.7 Å². The molecule has 0 bridgehead atoms. The molecule has 0 aliphatic carbocycles. The Labute approximate surface area is 121 Å². The molecule has 2 N–H and O–H groups in total. The molecule has 4 nitrogen and oxygen atoms in total. The lowest BCUT2D eigenvalue weighted by atomic mass is 10.1. The third-order valence-electron chi connectivity index (χ3n) is 3.24. The van der Waals surface area contributed by atoms with E-state index in [0.717, 1.165) is 0 Å². The van der Waals surface area contributed by atoms with Crippen molar-refractivity contribution in [1.82, 2.24) is 4.98 Å². The van der Waals surface area contributed by atoms with Crippen molar-refractivity contribution in [2.75, 3.05) is 5.32 Å². The summed E-state index contributed by atoms with van der Waals surface area (Å²) in [5, 5.41) is 3.61. The minimum Gasteiger partial charge on any atom is -0.321 e. The smallest absolute Gasteiger partial charge is 0.321 e. The zero-order valence-corrected chi connectivity index (χ0v) is 11.0. The molecule has 1 amide bonds. The minimum absolute atomic E-state index is 0.0410. The summed E-state index contributed by atoms with van der Waals surface area (Å²) < 4.78 is 36.8. The monoisotopic (exact) mass is 306 g/mol. The molecule has 0 saturated heterocycles. The number of nitrogens with one attached hydrogen (secondary N) is 2. The average Bonchev–Trinajstić information content (AvgIpc) is 2.46. The van der Waals surface area contributed by atoms with Gasteiger partial charge in [-0.05, 0) is 23.6 Å². The Morgan fingerprint density at radius 1 is 1.00 bits per heavy atom. The molecule has 7 heteroatoms. The minimum atomic E-state index is -4.97. The number of rotatable bonds is 1. The first-order chi connectivity index (χ1) is 10.4. The summed E-state index contributed by atoms with van der Waals surface area (Å²) in [6.45, 7) is 0. The van der Waals surface area contributed by atoms with Gasteiger partial charge >= 0.3 is 12.1 Å². The number of benzene rings is 2. The van der Waals surface area contributed by atoms with Gasteiger partial charge < -0.3 is 10.3 Å². The first kappa shape index (κ1) is 14.1. The second kappa shape index (κ2) is 4.87. The molecule has 0 fully saturated rings. The normalized spacial score (nSPS) is 11.8. The highest BCUT2D eigenvalue weighted by Crippen LogP contribution is 2.25. The van der Waals surface area contributed by atoms with Gasteiger partial charge in [0.05, 0.1) is 5.52 Å². The predicted octanol–water partition coefficient (Wildman–Crippen LogP) is 3.18. The second-order valence-electron chi connectivity index (χ2n) is 4.71. The molecule has 0 saturated carbocycles. The Morgan fingerprint density at radius 2 is 1.68 bits per heavy atom. The average molecular weight is 306 g/mol. The lowest BCUT2D eigenvalue weighted by Crippen LogP contribution is -2.29. The number of H-pyrrole nitrogens is 1. The molecule has 1 aromatic heterocycles. The van der Waals surface area contributed by atoms with Crippen LogP contribution in [0.2, 0.25) is 0 Å². The van der Waals surface area contributed by atoms with Gasteiger partial charge in [0.1, 0.15) is 0 Å². The van der Waals surface area contributed by atoms with Crippen LogP contribution in [0.3, 0.4) is 0 Å². The van der Waals surface area contributed by atoms with E-state index in [1.807, 2.05) is 0 Å². The maximum Gasteiger partial charge on any atom is 0.471 e. The van der Waals surface area contributed by atoms with E-state index in [4.69, 9.17) is 0 Å². The van der Waals surface area contributed by atoms with Crippen molar-refractivity contribution >= 4 is 33.3 Å². The van der Waals surface area contributed by atoms with Gasteiger partial charge in [0.15, 0.2) is 0 Å². The van der Waals surface area contributed by atoms with Gasteiger partial charge in [-0.3, -0.25) is 9.59 Å². The predicted molar refractivity (Wildman–Crippen MR) is 76.8 cm³/mol. The van der Waals surface area contributed by atoms with Crippen molar-refractivity contribution in [2.24, 2.45) is 0 Å². The third-order valence-corrected chi connectivity index (χ3v) is 3.24. The molecule has 22 heavy (non-hydrogen) atoms. The number of halogens is 3.